The van der Waals surface area contributed by atoms with Gasteiger partial charge in [-0.25, -0.2) is 0 Å². The van der Waals surface area contributed by atoms with E-state index >= 15 is 0 Å². The number of carbonyl (C=O) groups is 1. The van der Waals surface area contributed by atoms with Gasteiger partial charge in [-0.1, -0.05) is 62.3 Å². The zero-order valence-electron chi connectivity index (χ0n) is 25.6. The molecule has 0 spiro atoms. The van der Waals surface area contributed by atoms with E-state index in [9.17, 15) is 14.9 Å². The van der Waals surface area contributed by atoms with E-state index in [2.05, 4.69) is 75.4 Å². The third-order valence-corrected chi connectivity index (χ3v) is 19.3. The fourth-order valence-electron chi connectivity index (χ4n) is 5.61. The molecule has 0 N–H and O–H groups in total. The normalized spacial score (nSPS) is 17.0. The van der Waals surface area contributed by atoms with Gasteiger partial charge in [0.15, 0.2) is 19.8 Å². The van der Waals surface area contributed by atoms with E-state index in [-0.39, 0.29) is 44.9 Å². The molecule has 216 valence electrons. The molecule has 1 unspecified atom stereocenters. The Balaban J connectivity index is 2.48. The molecule has 2 rings (SSSR count). The average Bonchev–Trinajstić information content (AvgIpc) is 3.27. The van der Waals surface area contributed by atoms with Crippen molar-refractivity contribution in [3.05, 3.63) is 27.8 Å². The number of likely N-dealkylation sites (tertiary alicyclic amines) is 1. The Hall–Kier alpha value is -1.92. The molecule has 1 aromatic carbocycles. The molecule has 10 heteroatoms. The highest BCUT2D eigenvalue weighted by molar-refractivity contribution is 6.78. The third-order valence-electron chi connectivity index (χ3n) is 8.78. The first kappa shape index (κ1) is 32.3. The molecule has 1 fully saturated rings. The van der Waals surface area contributed by atoms with Gasteiger partial charge in [-0.15, -0.1) is 0 Å². The smallest absolute Gasteiger partial charge is 0.286 e. The summed E-state index contributed by atoms with van der Waals surface area (Å²) in [7, 11) is -2.90. The maximum absolute atomic E-state index is 13.8. The minimum Gasteiger partial charge on any atom is -0.540 e. The van der Waals surface area contributed by atoms with Gasteiger partial charge in [-0.05, 0) is 47.6 Å². The summed E-state index contributed by atoms with van der Waals surface area (Å²) in [5.74, 6) is 0.340. The largest absolute Gasteiger partial charge is 0.540 e. The highest BCUT2D eigenvalue weighted by atomic mass is 28.4. The molecule has 0 radical (unpaired) electrons. The summed E-state index contributed by atoms with van der Waals surface area (Å²) in [5, 5.41) is 12.3. The first-order chi connectivity index (χ1) is 17.4. The minimum absolute atomic E-state index is 0.0318. The van der Waals surface area contributed by atoms with Crippen molar-refractivity contribution in [2.45, 2.75) is 116 Å². The van der Waals surface area contributed by atoms with Crippen LogP contribution in [0, 0.1) is 10.1 Å². The minimum atomic E-state index is -2.41. The van der Waals surface area contributed by atoms with Gasteiger partial charge in [0, 0.05) is 12.6 Å². The summed E-state index contributed by atoms with van der Waals surface area (Å²) in [6.45, 7) is 24.9. The summed E-state index contributed by atoms with van der Waals surface area (Å²) < 4.78 is 18.8. The number of amides is 1. The number of hydrogen-bond donors (Lipinski definition) is 0. The Bertz CT molecular complexity index is 982. The topological polar surface area (TPSA) is 91.1 Å². The van der Waals surface area contributed by atoms with E-state index in [1.165, 1.54) is 19.2 Å². The van der Waals surface area contributed by atoms with Crippen molar-refractivity contribution in [2.75, 3.05) is 20.3 Å². The second-order valence-corrected chi connectivity index (χ2v) is 23.2. The Morgan fingerprint density at radius 3 is 2.08 bits per heavy atom. The van der Waals surface area contributed by atoms with Crippen molar-refractivity contribution in [3.8, 4) is 11.5 Å². The second-order valence-electron chi connectivity index (χ2n) is 13.1. The third kappa shape index (κ3) is 6.44. The van der Waals surface area contributed by atoms with Crippen molar-refractivity contribution >= 4 is 28.2 Å². The lowest BCUT2D eigenvalue weighted by Crippen LogP contribution is -2.50. The van der Waals surface area contributed by atoms with Gasteiger partial charge in [-0.2, -0.15) is 0 Å². The lowest BCUT2D eigenvalue weighted by atomic mass is 10.1. The molecule has 0 aliphatic carbocycles. The monoisotopic (exact) mass is 566 g/mol. The number of carbonyl (C=O) groups excluding carboxylic acids is 1. The van der Waals surface area contributed by atoms with Gasteiger partial charge >= 0.3 is 0 Å². The van der Waals surface area contributed by atoms with E-state index in [4.69, 9.17) is 13.6 Å². The van der Waals surface area contributed by atoms with Crippen LogP contribution in [-0.2, 0) is 4.43 Å². The zero-order valence-corrected chi connectivity index (χ0v) is 27.6. The van der Waals surface area contributed by atoms with Crippen LogP contribution in [0.2, 0.25) is 34.8 Å². The van der Waals surface area contributed by atoms with Crippen LogP contribution in [0.1, 0.15) is 85.5 Å². The second kappa shape index (κ2) is 12.1. The molecule has 1 atom stereocenters. The predicted octanol–water partition coefficient (Wildman–Crippen LogP) is 7.78. The van der Waals surface area contributed by atoms with Gasteiger partial charge < -0.3 is 18.5 Å². The van der Waals surface area contributed by atoms with Crippen LogP contribution in [0.3, 0.4) is 0 Å². The Morgan fingerprint density at radius 2 is 1.63 bits per heavy atom. The van der Waals surface area contributed by atoms with Crippen molar-refractivity contribution < 1.29 is 23.3 Å². The fraction of sp³-hybridized carbons (Fsp3) is 0.750. The quantitative estimate of drug-likeness (QED) is 0.154. The predicted molar refractivity (Wildman–Crippen MR) is 159 cm³/mol. The Morgan fingerprint density at radius 1 is 1.08 bits per heavy atom. The maximum atomic E-state index is 13.8. The van der Waals surface area contributed by atoms with E-state index in [0.717, 1.165) is 12.8 Å². The first-order valence-electron chi connectivity index (χ1n) is 13.9. The van der Waals surface area contributed by atoms with Crippen LogP contribution in [0.25, 0.3) is 0 Å². The van der Waals surface area contributed by atoms with Crippen molar-refractivity contribution in [3.63, 3.8) is 0 Å². The van der Waals surface area contributed by atoms with Gasteiger partial charge in [0.2, 0.25) is 0 Å². The number of rotatable bonds is 11. The average molecular weight is 567 g/mol. The van der Waals surface area contributed by atoms with Gasteiger partial charge in [-0.3, -0.25) is 14.9 Å². The summed E-state index contributed by atoms with van der Waals surface area (Å²) in [5.41, 5.74) is 0.613. The first-order valence-corrected chi connectivity index (χ1v) is 19.0. The fourth-order valence-corrected chi connectivity index (χ4v) is 11.9. The molecule has 0 bridgehead atoms. The standard InChI is InChI=1S/C28H50N2O6Si2/c1-19(2)38(20(3)4,21(5)6)36-26-17-24(30(32)33)23(16-25(26)34-10)27(31)29-15-13-14-22(29)18-35-37(11,12)28(7,8)9/h16-17,19-22H,13-15,18H2,1-12H3. The zero-order chi connectivity index (χ0) is 29.2. The van der Waals surface area contributed by atoms with Gasteiger partial charge in [0.25, 0.3) is 19.9 Å². The summed E-state index contributed by atoms with van der Waals surface area (Å²) in [4.78, 5) is 27.3. The van der Waals surface area contributed by atoms with Gasteiger partial charge in [0.05, 0.1) is 30.7 Å². The Labute approximate surface area is 231 Å². The molecule has 1 heterocycles. The lowest BCUT2D eigenvalue weighted by molar-refractivity contribution is -0.385. The number of nitro benzene ring substituents is 1. The van der Waals surface area contributed by atoms with E-state index in [0.29, 0.717) is 24.7 Å². The molecular formula is C28H50N2O6Si2. The molecule has 1 aliphatic heterocycles. The van der Waals surface area contributed by atoms with Crippen molar-refractivity contribution in [1.29, 1.82) is 0 Å². The SMILES string of the molecule is COc1cc(C(=O)N2CCCC2CO[Si](C)(C)C(C)(C)C)c([N+](=O)[O-])cc1O[Si](C(C)C)(C(C)C)C(C)C. The molecular weight excluding hydrogens is 516 g/mol. The molecule has 38 heavy (non-hydrogen) atoms. The highest BCUT2D eigenvalue weighted by Gasteiger charge is 2.48. The molecule has 0 saturated carbocycles. The van der Waals surface area contributed by atoms with E-state index < -0.39 is 21.6 Å². The van der Waals surface area contributed by atoms with Crippen LogP contribution in [0.4, 0.5) is 5.69 Å². The van der Waals surface area contributed by atoms with Gasteiger partial charge in [0.1, 0.15) is 5.56 Å². The number of nitro groups is 1. The number of hydrogen-bond acceptors (Lipinski definition) is 6. The lowest BCUT2D eigenvalue weighted by Gasteiger charge is -2.42. The highest BCUT2D eigenvalue weighted by Crippen LogP contribution is 2.46. The number of benzene rings is 1. The molecule has 8 nitrogen and oxygen atoms in total. The van der Waals surface area contributed by atoms with Crippen LogP contribution < -0.4 is 9.16 Å². The van der Waals surface area contributed by atoms with Crippen LogP contribution in [-0.4, -0.2) is 58.7 Å². The molecule has 1 aliphatic rings. The van der Waals surface area contributed by atoms with Crippen LogP contribution in [0.15, 0.2) is 12.1 Å². The molecule has 1 amide bonds. The Kier molecular flexibility index (Phi) is 10.3. The van der Waals surface area contributed by atoms with Crippen molar-refractivity contribution in [2.24, 2.45) is 0 Å². The van der Waals surface area contributed by atoms with E-state index in [1.807, 2.05) is 0 Å². The summed E-state index contributed by atoms with van der Waals surface area (Å²) >= 11 is 0. The van der Waals surface area contributed by atoms with Crippen molar-refractivity contribution in [1.82, 2.24) is 4.90 Å². The van der Waals surface area contributed by atoms with Crippen LogP contribution in [0.5, 0.6) is 11.5 Å². The number of ether oxygens (including phenoxy) is 1. The van der Waals surface area contributed by atoms with Crippen LogP contribution >= 0.6 is 0 Å². The van der Waals surface area contributed by atoms with E-state index in [1.54, 1.807) is 4.90 Å². The number of nitrogens with zero attached hydrogens (tertiary/aromatic N) is 2. The summed E-state index contributed by atoms with van der Waals surface area (Å²) in [6.07, 6.45) is 1.66. The summed E-state index contributed by atoms with van der Waals surface area (Å²) in [6, 6.07) is 2.79. The molecule has 0 aromatic heterocycles. The molecule has 1 saturated heterocycles. The number of methoxy groups -OCH3 is 1. The molecule has 1 aromatic rings. The maximum Gasteiger partial charge on any atom is 0.286 e.